The number of ether oxygens (including phenoxy) is 1. The minimum absolute atomic E-state index is 0.193. The molecule has 0 saturated carbocycles. The molecule has 3 nitrogen and oxygen atoms in total. The SMILES string of the molecule is CC(C)(CON)C1CCOCC1. The lowest BCUT2D eigenvalue weighted by molar-refractivity contribution is -0.0231. The zero-order valence-electron chi connectivity index (χ0n) is 8.01. The molecule has 72 valence electrons. The summed E-state index contributed by atoms with van der Waals surface area (Å²) in [6.07, 6.45) is 2.27. The molecule has 0 radical (unpaired) electrons. The van der Waals surface area contributed by atoms with Gasteiger partial charge < -0.3 is 9.57 Å². The summed E-state index contributed by atoms with van der Waals surface area (Å²) in [6.45, 7) is 6.82. The molecule has 0 aliphatic carbocycles. The van der Waals surface area contributed by atoms with E-state index in [-0.39, 0.29) is 5.41 Å². The Morgan fingerprint density at radius 1 is 1.42 bits per heavy atom. The normalized spacial score (nSPS) is 21.2. The van der Waals surface area contributed by atoms with Crippen LogP contribution >= 0.6 is 0 Å². The van der Waals surface area contributed by atoms with Crippen molar-refractivity contribution in [2.75, 3.05) is 19.8 Å². The summed E-state index contributed by atoms with van der Waals surface area (Å²) in [5.41, 5.74) is 0.193. The van der Waals surface area contributed by atoms with Gasteiger partial charge in [-0.15, -0.1) is 0 Å². The third-order valence-corrected chi connectivity index (χ3v) is 2.78. The molecule has 1 heterocycles. The van der Waals surface area contributed by atoms with E-state index in [1.54, 1.807) is 0 Å². The van der Waals surface area contributed by atoms with Crippen LogP contribution in [0.3, 0.4) is 0 Å². The van der Waals surface area contributed by atoms with Gasteiger partial charge in [0.2, 0.25) is 0 Å². The Morgan fingerprint density at radius 2 is 2.00 bits per heavy atom. The van der Waals surface area contributed by atoms with Crippen LogP contribution in [0, 0.1) is 11.3 Å². The minimum atomic E-state index is 0.193. The van der Waals surface area contributed by atoms with E-state index < -0.39 is 0 Å². The third-order valence-electron chi connectivity index (χ3n) is 2.78. The van der Waals surface area contributed by atoms with Gasteiger partial charge in [0.05, 0.1) is 6.61 Å². The van der Waals surface area contributed by atoms with Crippen LogP contribution in [0.5, 0.6) is 0 Å². The van der Waals surface area contributed by atoms with Crippen molar-refractivity contribution in [3.05, 3.63) is 0 Å². The second kappa shape index (κ2) is 4.21. The lowest BCUT2D eigenvalue weighted by atomic mass is 9.75. The van der Waals surface area contributed by atoms with E-state index in [9.17, 15) is 0 Å². The van der Waals surface area contributed by atoms with E-state index >= 15 is 0 Å². The maximum atomic E-state index is 5.30. The molecule has 0 aromatic heterocycles. The largest absolute Gasteiger partial charge is 0.381 e. The molecule has 0 spiro atoms. The molecule has 1 aliphatic rings. The van der Waals surface area contributed by atoms with Crippen molar-refractivity contribution in [2.24, 2.45) is 17.2 Å². The molecule has 1 saturated heterocycles. The Hall–Kier alpha value is -0.120. The van der Waals surface area contributed by atoms with Crippen LogP contribution in [0.2, 0.25) is 0 Å². The van der Waals surface area contributed by atoms with Gasteiger partial charge in [0.25, 0.3) is 0 Å². The summed E-state index contributed by atoms with van der Waals surface area (Å²) in [4.78, 5) is 4.72. The first kappa shape index (κ1) is 9.96. The molecular formula is C9H19NO2. The molecule has 3 heteroatoms. The van der Waals surface area contributed by atoms with Crippen molar-refractivity contribution in [1.82, 2.24) is 0 Å². The maximum absolute atomic E-state index is 5.30. The van der Waals surface area contributed by atoms with Crippen LogP contribution < -0.4 is 5.90 Å². The van der Waals surface area contributed by atoms with Crippen molar-refractivity contribution < 1.29 is 9.57 Å². The lowest BCUT2D eigenvalue weighted by Gasteiger charge is -2.35. The standard InChI is InChI=1S/C9H19NO2/c1-9(2,7-12-10)8-3-5-11-6-4-8/h8H,3-7,10H2,1-2H3. The second-order valence-electron chi connectivity index (χ2n) is 4.19. The summed E-state index contributed by atoms with van der Waals surface area (Å²) in [5, 5.41) is 0. The quantitative estimate of drug-likeness (QED) is 0.655. The van der Waals surface area contributed by atoms with E-state index in [1.807, 2.05) is 0 Å². The maximum Gasteiger partial charge on any atom is 0.0732 e. The predicted octanol–water partition coefficient (Wildman–Crippen LogP) is 1.33. The van der Waals surface area contributed by atoms with Gasteiger partial charge >= 0.3 is 0 Å². The van der Waals surface area contributed by atoms with E-state index in [1.165, 1.54) is 0 Å². The van der Waals surface area contributed by atoms with Crippen LogP contribution in [0.4, 0.5) is 0 Å². The summed E-state index contributed by atoms with van der Waals surface area (Å²) >= 11 is 0. The molecule has 0 atom stereocenters. The summed E-state index contributed by atoms with van der Waals surface area (Å²) < 4.78 is 5.30. The van der Waals surface area contributed by atoms with Gasteiger partial charge in [0.15, 0.2) is 0 Å². The van der Waals surface area contributed by atoms with E-state index in [0.29, 0.717) is 12.5 Å². The lowest BCUT2D eigenvalue weighted by Crippen LogP contribution is -2.34. The van der Waals surface area contributed by atoms with Crippen LogP contribution in [0.1, 0.15) is 26.7 Å². The highest BCUT2D eigenvalue weighted by Gasteiger charge is 2.30. The Morgan fingerprint density at radius 3 is 2.50 bits per heavy atom. The van der Waals surface area contributed by atoms with E-state index in [4.69, 9.17) is 15.5 Å². The van der Waals surface area contributed by atoms with Gasteiger partial charge in [-0.2, -0.15) is 0 Å². The Balaban J connectivity index is 2.41. The molecule has 2 N–H and O–H groups in total. The van der Waals surface area contributed by atoms with Gasteiger partial charge in [-0.3, -0.25) is 0 Å². The fraction of sp³-hybridized carbons (Fsp3) is 1.00. The minimum Gasteiger partial charge on any atom is -0.381 e. The summed E-state index contributed by atoms with van der Waals surface area (Å²) in [6, 6.07) is 0. The van der Waals surface area contributed by atoms with Crippen molar-refractivity contribution >= 4 is 0 Å². The molecular weight excluding hydrogens is 154 g/mol. The third kappa shape index (κ3) is 2.44. The van der Waals surface area contributed by atoms with Crippen LogP contribution in [0.15, 0.2) is 0 Å². The van der Waals surface area contributed by atoms with Crippen molar-refractivity contribution in [1.29, 1.82) is 0 Å². The molecule has 12 heavy (non-hydrogen) atoms. The summed E-state index contributed by atoms with van der Waals surface area (Å²) in [7, 11) is 0. The van der Waals surface area contributed by atoms with Gasteiger partial charge in [-0.25, -0.2) is 5.90 Å². The smallest absolute Gasteiger partial charge is 0.0732 e. The topological polar surface area (TPSA) is 44.5 Å². The molecule has 0 unspecified atom stereocenters. The van der Waals surface area contributed by atoms with Crippen LogP contribution in [0.25, 0.3) is 0 Å². The Labute approximate surface area is 74.2 Å². The van der Waals surface area contributed by atoms with Crippen LogP contribution in [-0.4, -0.2) is 19.8 Å². The number of rotatable bonds is 3. The first-order chi connectivity index (χ1) is 5.67. The highest BCUT2D eigenvalue weighted by atomic mass is 16.6. The second-order valence-corrected chi connectivity index (χ2v) is 4.19. The monoisotopic (exact) mass is 173 g/mol. The van der Waals surface area contributed by atoms with Crippen molar-refractivity contribution in [3.63, 3.8) is 0 Å². The number of nitrogens with two attached hydrogens (primary N) is 1. The molecule has 0 amide bonds. The van der Waals surface area contributed by atoms with Gasteiger partial charge in [0.1, 0.15) is 0 Å². The zero-order chi connectivity index (χ0) is 9.03. The van der Waals surface area contributed by atoms with Gasteiger partial charge in [-0.1, -0.05) is 13.8 Å². The first-order valence-corrected chi connectivity index (χ1v) is 4.56. The molecule has 0 bridgehead atoms. The van der Waals surface area contributed by atoms with Crippen LogP contribution in [-0.2, 0) is 9.57 Å². The number of hydrogen-bond acceptors (Lipinski definition) is 3. The van der Waals surface area contributed by atoms with Crippen molar-refractivity contribution in [3.8, 4) is 0 Å². The highest BCUT2D eigenvalue weighted by molar-refractivity contribution is 4.79. The molecule has 0 aromatic carbocycles. The average Bonchev–Trinajstić information content (AvgIpc) is 2.06. The molecule has 1 aliphatic heterocycles. The Bertz CT molecular complexity index is 130. The zero-order valence-corrected chi connectivity index (χ0v) is 8.01. The van der Waals surface area contributed by atoms with E-state index in [0.717, 1.165) is 26.1 Å². The molecule has 1 rings (SSSR count). The van der Waals surface area contributed by atoms with E-state index in [2.05, 4.69) is 13.8 Å². The first-order valence-electron chi connectivity index (χ1n) is 4.56. The predicted molar refractivity (Wildman–Crippen MR) is 47.5 cm³/mol. The average molecular weight is 173 g/mol. The Kier molecular flexibility index (Phi) is 3.50. The fourth-order valence-corrected chi connectivity index (χ4v) is 1.81. The van der Waals surface area contributed by atoms with Crippen molar-refractivity contribution in [2.45, 2.75) is 26.7 Å². The molecule has 0 aromatic rings. The van der Waals surface area contributed by atoms with Gasteiger partial charge in [0, 0.05) is 13.2 Å². The fourth-order valence-electron chi connectivity index (χ4n) is 1.81. The summed E-state index contributed by atoms with van der Waals surface area (Å²) in [5.74, 6) is 5.78. The number of hydrogen-bond donors (Lipinski definition) is 1. The highest BCUT2D eigenvalue weighted by Crippen LogP contribution is 2.34. The van der Waals surface area contributed by atoms with Gasteiger partial charge in [-0.05, 0) is 24.2 Å². The molecule has 1 fully saturated rings.